The Bertz CT molecular complexity index is 665. The lowest BCUT2D eigenvalue weighted by atomic mass is 10.1. The summed E-state index contributed by atoms with van der Waals surface area (Å²) in [5, 5.41) is 11.2. The van der Waals surface area contributed by atoms with Gasteiger partial charge in [-0.2, -0.15) is 0 Å². The van der Waals surface area contributed by atoms with Gasteiger partial charge < -0.3 is 10.4 Å². The summed E-state index contributed by atoms with van der Waals surface area (Å²) < 4.78 is 52.1. The molecule has 0 aromatic heterocycles. The van der Waals surface area contributed by atoms with Gasteiger partial charge in [0.05, 0.1) is 5.56 Å². The van der Waals surface area contributed by atoms with Crippen molar-refractivity contribution in [2.45, 2.75) is 0 Å². The number of carbonyl (C=O) groups is 1. The van der Waals surface area contributed by atoms with Crippen molar-refractivity contribution in [3.05, 3.63) is 59.2 Å². The molecule has 7 heteroatoms. The second-order valence-electron chi connectivity index (χ2n) is 3.86. The Morgan fingerprint density at radius 3 is 2.10 bits per heavy atom. The molecule has 0 aliphatic rings. The maximum Gasteiger partial charge on any atom is 0.259 e. The quantitative estimate of drug-likeness (QED) is 0.832. The van der Waals surface area contributed by atoms with Gasteiger partial charge >= 0.3 is 0 Å². The molecule has 0 unspecified atom stereocenters. The van der Waals surface area contributed by atoms with Gasteiger partial charge in [0.15, 0.2) is 11.6 Å². The lowest BCUT2D eigenvalue weighted by molar-refractivity contribution is 0.102. The highest BCUT2D eigenvalue weighted by atomic mass is 19.1. The van der Waals surface area contributed by atoms with Crippen molar-refractivity contribution >= 4 is 11.6 Å². The average molecular weight is 285 g/mol. The second kappa shape index (κ2) is 5.20. The fourth-order valence-corrected chi connectivity index (χ4v) is 1.54. The minimum absolute atomic E-state index is 0.380. The number of aromatic hydroxyl groups is 1. The van der Waals surface area contributed by atoms with Gasteiger partial charge in [0, 0.05) is 18.2 Å². The highest BCUT2D eigenvalue weighted by Gasteiger charge is 2.17. The maximum absolute atomic E-state index is 13.3. The molecule has 2 rings (SSSR count). The molecule has 0 fully saturated rings. The molecular formula is C13H7F4NO2. The molecule has 2 aromatic rings. The first-order valence-electron chi connectivity index (χ1n) is 5.33. The highest BCUT2D eigenvalue weighted by Crippen LogP contribution is 2.23. The zero-order valence-corrected chi connectivity index (χ0v) is 9.75. The number of benzene rings is 2. The summed E-state index contributed by atoms with van der Waals surface area (Å²) in [4.78, 5) is 11.7. The summed E-state index contributed by atoms with van der Waals surface area (Å²) in [6.45, 7) is 0. The van der Waals surface area contributed by atoms with Crippen LogP contribution in [-0.2, 0) is 0 Å². The van der Waals surface area contributed by atoms with Crippen LogP contribution in [0.3, 0.4) is 0 Å². The molecule has 3 nitrogen and oxygen atoms in total. The van der Waals surface area contributed by atoms with Gasteiger partial charge in [-0.3, -0.25) is 4.79 Å². The van der Waals surface area contributed by atoms with E-state index in [0.29, 0.717) is 18.2 Å². The summed E-state index contributed by atoms with van der Waals surface area (Å²) in [6.07, 6.45) is 0. The zero-order chi connectivity index (χ0) is 14.9. The molecule has 0 aliphatic heterocycles. The number of amides is 1. The maximum atomic E-state index is 13.3. The van der Waals surface area contributed by atoms with Crippen LogP contribution in [0.2, 0.25) is 0 Å². The molecule has 0 aliphatic carbocycles. The number of nitrogens with one attached hydrogen (secondary N) is 1. The van der Waals surface area contributed by atoms with Gasteiger partial charge in [0.1, 0.15) is 23.1 Å². The van der Waals surface area contributed by atoms with Crippen LogP contribution in [0, 0.1) is 23.3 Å². The number of halogens is 4. The molecule has 1 amide bonds. The van der Waals surface area contributed by atoms with E-state index in [-0.39, 0.29) is 5.56 Å². The minimum Gasteiger partial charge on any atom is -0.507 e. The fourth-order valence-electron chi connectivity index (χ4n) is 1.54. The number of anilines is 1. The van der Waals surface area contributed by atoms with E-state index >= 15 is 0 Å². The first-order valence-corrected chi connectivity index (χ1v) is 5.33. The molecule has 0 heterocycles. The van der Waals surface area contributed by atoms with Crippen LogP contribution >= 0.6 is 0 Å². The zero-order valence-electron chi connectivity index (χ0n) is 9.75. The molecule has 0 saturated carbocycles. The minimum atomic E-state index is -1.31. The van der Waals surface area contributed by atoms with Crippen LogP contribution in [0.25, 0.3) is 0 Å². The van der Waals surface area contributed by atoms with Crippen molar-refractivity contribution in [1.82, 2.24) is 0 Å². The summed E-state index contributed by atoms with van der Waals surface area (Å²) in [5.41, 5.74) is -1.24. The Kier molecular flexibility index (Phi) is 3.60. The molecule has 0 atom stereocenters. The van der Waals surface area contributed by atoms with E-state index in [1.54, 1.807) is 0 Å². The smallest absolute Gasteiger partial charge is 0.259 e. The Morgan fingerprint density at radius 2 is 1.55 bits per heavy atom. The molecule has 20 heavy (non-hydrogen) atoms. The fraction of sp³-hybridized carbons (Fsp3) is 0. The van der Waals surface area contributed by atoms with Gasteiger partial charge in [-0.1, -0.05) is 0 Å². The molecule has 0 saturated heterocycles. The van der Waals surface area contributed by atoms with Crippen molar-refractivity contribution in [3.63, 3.8) is 0 Å². The molecule has 2 N–H and O–H groups in total. The molecule has 0 bridgehead atoms. The van der Waals surface area contributed by atoms with Crippen molar-refractivity contribution in [2.24, 2.45) is 0 Å². The predicted molar refractivity (Wildman–Crippen MR) is 62.3 cm³/mol. The largest absolute Gasteiger partial charge is 0.507 e. The van der Waals surface area contributed by atoms with Crippen LogP contribution in [0.15, 0.2) is 30.3 Å². The van der Waals surface area contributed by atoms with Gasteiger partial charge in [0.2, 0.25) is 0 Å². The van der Waals surface area contributed by atoms with Gasteiger partial charge in [-0.05, 0) is 12.1 Å². The van der Waals surface area contributed by atoms with Crippen molar-refractivity contribution < 1.29 is 27.5 Å². The van der Waals surface area contributed by atoms with E-state index < -0.39 is 40.6 Å². The standard InChI is InChI=1S/C13H7F4NO2/c14-6-1-2-8(11(19)5-6)13(20)18-12-9(16)3-7(15)4-10(12)17/h1-5,19H,(H,18,20). The van der Waals surface area contributed by atoms with Crippen LogP contribution in [0.5, 0.6) is 5.75 Å². The number of phenolic OH excluding ortho intramolecular Hbond substituents is 1. The van der Waals surface area contributed by atoms with Crippen molar-refractivity contribution in [1.29, 1.82) is 0 Å². The van der Waals surface area contributed by atoms with E-state index in [1.165, 1.54) is 0 Å². The Labute approximate surface area is 110 Å². The van der Waals surface area contributed by atoms with Crippen LogP contribution in [-0.4, -0.2) is 11.0 Å². The third kappa shape index (κ3) is 2.71. The van der Waals surface area contributed by atoms with E-state index in [9.17, 15) is 27.5 Å². The first-order chi connectivity index (χ1) is 9.38. The summed E-state index contributed by atoms with van der Waals surface area (Å²) in [6, 6.07) is 3.30. The van der Waals surface area contributed by atoms with Crippen LogP contribution in [0.1, 0.15) is 10.4 Å². The number of phenols is 1. The number of rotatable bonds is 2. The Morgan fingerprint density at radius 1 is 0.950 bits per heavy atom. The molecule has 104 valence electrons. The summed E-state index contributed by atoms with van der Waals surface area (Å²) in [5.74, 6) is -6.28. The second-order valence-corrected chi connectivity index (χ2v) is 3.86. The van der Waals surface area contributed by atoms with Crippen molar-refractivity contribution in [2.75, 3.05) is 5.32 Å². The topological polar surface area (TPSA) is 49.3 Å². The molecule has 0 radical (unpaired) electrons. The lowest BCUT2D eigenvalue weighted by Gasteiger charge is -2.09. The average Bonchev–Trinajstić information content (AvgIpc) is 2.33. The van der Waals surface area contributed by atoms with E-state index in [2.05, 4.69) is 0 Å². The Balaban J connectivity index is 2.33. The lowest BCUT2D eigenvalue weighted by Crippen LogP contribution is -2.15. The third-order valence-corrected chi connectivity index (χ3v) is 2.45. The molecule has 0 spiro atoms. The monoisotopic (exact) mass is 285 g/mol. The SMILES string of the molecule is O=C(Nc1c(F)cc(F)cc1F)c1ccc(F)cc1O. The molecular weight excluding hydrogens is 278 g/mol. The van der Waals surface area contributed by atoms with Gasteiger partial charge in [-0.15, -0.1) is 0 Å². The summed E-state index contributed by atoms with van der Waals surface area (Å²) in [7, 11) is 0. The van der Waals surface area contributed by atoms with Crippen LogP contribution in [0.4, 0.5) is 23.2 Å². The number of carbonyl (C=O) groups excluding carboxylic acids is 1. The van der Waals surface area contributed by atoms with E-state index in [4.69, 9.17) is 0 Å². The first kappa shape index (κ1) is 13.9. The van der Waals surface area contributed by atoms with E-state index in [1.807, 2.05) is 5.32 Å². The molecule has 2 aromatic carbocycles. The van der Waals surface area contributed by atoms with Gasteiger partial charge in [-0.25, -0.2) is 17.6 Å². The summed E-state index contributed by atoms with van der Waals surface area (Å²) >= 11 is 0. The normalized spacial score (nSPS) is 10.4. The van der Waals surface area contributed by atoms with Crippen molar-refractivity contribution in [3.8, 4) is 5.75 Å². The number of hydrogen-bond donors (Lipinski definition) is 2. The van der Waals surface area contributed by atoms with Gasteiger partial charge in [0.25, 0.3) is 5.91 Å². The van der Waals surface area contributed by atoms with Crippen LogP contribution < -0.4 is 5.32 Å². The highest BCUT2D eigenvalue weighted by molar-refractivity contribution is 6.06. The number of hydrogen-bond acceptors (Lipinski definition) is 2. The van der Waals surface area contributed by atoms with E-state index in [0.717, 1.165) is 12.1 Å². The third-order valence-electron chi connectivity index (χ3n) is 2.45. The Hall–Kier alpha value is -2.57. The predicted octanol–water partition coefficient (Wildman–Crippen LogP) is 3.20.